The molecule has 1 aliphatic carbocycles. The predicted octanol–water partition coefficient (Wildman–Crippen LogP) is 2.31. The van der Waals surface area contributed by atoms with Crippen molar-refractivity contribution in [2.45, 2.75) is 25.1 Å². The molecular weight excluding hydrogens is 192 g/mol. The summed E-state index contributed by atoms with van der Waals surface area (Å²) in [6, 6.07) is 0. The van der Waals surface area contributed by atoms with Crippen molar-refractivity contribution in [3.63, 3.8) is 0 Å². The summed E-state index contributed by atoms with van der Waals surface area (Å²) in [5.74, 6) is 0.194. The molecule has 0 saturated heterocycles. The predicted molar refractivity (Wildman–Crippen MR) is 45.3 cm³/mol. The zero-order valence-electron chi connectivity index (χ0n) is 6.23. The van der Waals surface area contributed by atoms with Crippen LogP contribution in [0.5, 0.6) is 0 Å². The Bertz CT molecular complexity index is 182. The molecule has 0 aromatic carbocycles. The summed E-state index contributed by atoms with van der Waals surface area (Å²) in [6.45, 7) is 4.26. The molecule has 1 atom stereocenters. The van der Waals surface area contributed by atoms with Gasteiger partial charge in [0.1, 0.15) is 0 Å². The smallest absolute Gasteiger partial charge is 0.169 e. The van der Waals surface area contributed by atoms with E-state index in [1.165, 1.54) is 0 Å². The average Bonchev–Trinajstić information content (AvgIpc) is 1.79. The van der Waals surface area contributed by atoms with Gasteiger partial charge in [-0.1, -0.05) is 35.9 Å². The number of carbonyl (C=O) groups excluding carboxylic acids is 1. The number of ketones is 1. The number of allylic oxidation sites excluding steroid dienone is 2. The first kappa shape index (κ1) is 7.99. The molecule has 0 fully saturated rings. The summed E-state index contributed by atoms with van der Waals surface area (Å²) in [4.78, 5) is 11.0. The number of carbonyl (C=O) groups is 1. The highest BCUT2D eigenvalue weighted by molar-refractivity contribution is 9.10. The fourth-order valence-corrected chi connectivity index (χ4v) is 2.03. The zero-order chi connectivity index (χ0) is 7.78. The van der Waals surface area contributed by atoms with Crippen molar-refractivity contribution in [1.82, 2.24) is 0 Å². The summed E-state index contributed by atoms with van der Waals surface area (Å²) in [5.41, 5.74) is 0.183. The number of alkyl halides is 1. The third-order valence-corrected chi connectivity index (χ3v) is 2.49. The first-order chi connectivity index (χ1) is 4.51. The van der Waals surface area contributed by atoms with E-state index in [-0.39, 0.29) is 16.0 Å². The lowest BCUT2D eigenvalue weighted by molar-refractivity contribution is -0.114. The topological polar surface area (TPSA) is 17.1 Å². The fourth-order valence-electron chi connectivity index (χ4n) is 1.04. The van der Waals surface area contributed by atoms with Crippen LogP contribution in [0.25, 0.3) is 0 Å². The number of halogens is 1. The molecular formula is C8H11BrO. The maximum absolute atomic E-state index is 10.9. The van der Waals surface area contributed by atoms with Crippen LogP contribution in [0.2, 0.25) is 0 Å². The van der Waals surface area contributed by atoms with Crippen molar-refractivity contribution >= 4 is 21.7 Å². The first-order valence-electron chi connectivity index (χ1n) is 3.38. The molecule has 1 rings (SSSR count). The van der Waals surface area contributed by atoms with Crippen molar-refractivity contribution in [2.75, 3.05) is 0 Å². The van der Waals surface area contributed by atoms with Crippen LogP contribution in [0.1, 0.15) is 20.3 Å². The Morgan fingerprint density at radius 2 is 2.30 bits per heavy atom. The number of hydrogen-bond donors (Lipinski definition) is 0. The van der Waals surface area contributed by atoms with Gasteiger partial charge in [-0.05, 0) is 17.9 Å². The molecule has 0 spiro atoms. The molecule has 0 aromatic rings. The minimum absolute atomic E-state index is 0.0347. The lowest BCUT2D eigenvalue weighted by atomic mass is 9.82. The van der Waals surface area contributed by atoms with Crippen LogP contribution in [-0.4, -0.2) is 10.6 Å². The Kier molecular flexibility index (Phi) is 1.99. The Morgan fingerprint density at radius 1 is 1.70 bits per heavy atom. The summed E-state index contributed by atoms with van der Waals surface area (Å²) >= 11 is 3.33. The molecule has 0 aliphatic heterocycles. The molecule has 0 radical (unpaired) electrons. The van der Waals surface area contributed by atoms with Gasteiger partial charge in [0.15, 0.2) is 5.78 Å². The van der Waals surface area contributed by atoms with Gasteiger partial charge in [0.25, 0.3) is 0 Å². The zero-order valence-corrected chi connectivity index (χ0v) is 7.81. The highest BCUT2D eigenvalue weighted by atomic mass is 79.9. The van der Waals surface area contributed by atoms with Crippen molar-refractivity contribution in [2.24, 2.45) is 5.41 Å². The van der Waals surface area contributed by atoms with E-state index in [9.17, 15) is 4.79 Å². The molecule has 2 heteroatoms. The first-order valence-corrected chi connectivity index (χ1v) is 4.30. The molecule has 0 amide bonds. The number of rotatable bonds is 0. The maximum atomic E-state index is 10.9. The van der Waals surface area contributed by atoms with E-state index in [4.69, 9.17) is 0 Å². The van der Waals surface area contributed by atoms with E-state index in [1.54, 1.807) is 6.08 Å². The van der Waals surface area contributed by atoms with Gasteiger partial charge in [-0.15, -0.1) is 0 Å². The van der Waals surface area contributed by atoms with E-state index in [2.05, 4.69) is 29.8 Å². The van der Waals surface area contributed by atoms with Crippen LogP contribution in [-0.2, 0) is 4.79 Å². The lowest BCUT2D eigenvalue weighted by Gasteiger charge is -2.26. The quantitative estimate of drug-likeness (QED) is 0.552. The van der Waals surface area contributed by atoms with Gasteiger partial charge in [0.05, 0.1) is 4.83 Å². The van der Waals surface area contributed by atoms with Crippen LogP contribution < -0.4 is 0 Å². The van der Waals surface area contributed by atoms with Crippen LogP contribution in [0.3, 0.4) is 0 Å². The number of hydrogen-bond acceptors (Lipinski definition) is 1. The van der Waals surface area contributed by atoms with Gasteiger partial charge < -0.3 is 0 Å². The average molecular weight is 203 g/mol. The van der Waals surface area contributed by atoms with Crippen molar-refractivity contribution < 1.29 is 4.79 Å². The molecule has 0 aromatic heterocycles. The summed E-state index contributed by atoms with van der Waals surface area (Å²) in [5, 5.41) is 0. The van der Waals surface area contributed by atoms with Crippen molar-refractivity contribution in [3.8, 4) is 0 Å². The molecule has 56 valence electrons. The minimum Gasteiger partial charge on any atom is -0.294 e. The SMILES string of the molecule is CC1(C)C=CC(=O)[C@H](Br)C1. The lowest BCUT2D eigenvalue weighted by Crippen LogP contribution is -2.25. The summed E-state index contributed by atoms with van der Waals surface area (Å²) < 4.78 is 0. The van der Waals surface area contributed by atoms with E-state index in [0.717, 1.165) is 6.42 Å². The van der Waals surface area contributed by atoms with Crippen LogP contribution in [0, 0.1) is 5.41 Å². The standard InChI is InChI=1S/C8H11BrO/c1-8(2)4-3-7(10)6(9)5-8/h3-4,6H,5H2,1-2H3/t6-/m1/s1. The Labute approximate surface area is 69.6 Å². The second kappa shape index (κ2) is 2.50. The highest BCUT2D eigenvalue weighted by Crippen LogP contribution is 2.31. The summed E-state index contributed by atoms with van der Waals surface area (Å²) in [6.07, 6.45) is 4.55. The van der Waals surface area contributed by atoms with Crippen molar-refractivity contribution in [1.29, 1.82) is 0 Å². The van der Waals surface area contributed by atoms with E-state index in [1.807, 2.05) is 6.08 Å². The van der Waals surface area contributed by atoms with Crippen LogP contribution in [0.4, 0.5) is 0 Å². The van der Waals surface area contributed by atoms with Gasteiger partial charge in [-0.2, -0.15) is 0 Å². The Balaban J connectivity index is 2.78. The van der Waals surface area contributed by atoms with E-state index < -0.39 is 0 Å². The van der Waals surface area contributed by atoms with E-state index in [0.29, 0.717) is 0 Å². The van der Waals surface area contributed by atoms with Gasteiger partial charge in [-0.3, -0.25) is 4.79 Å². The van der Waals surface area contributed by atoms with Crippen LogP contribution >= 0.6 is 15.9 Å². The minimum atomic E-state index is 0.0347. The Hall–Kier alpha value is -0.110. The molecule has 1 nitrogen and oxygen atoms in total. The second-order valence-electron chi connectivity index (χ2n) is 3.40. The van der Waals surface area contributed by atoms with Gasteiger partial charge in [0, 0.05) is 0 Å². The highest BCUT2D eigenvalue weighted by Gasteiger charge is 2.26. The van der Waals surface area contributed by atoms with Gasteiger partial charge in [-0.25, -0.2) is 0 Å². The van der Waals surface area contributed by atoms with Crippen LogP contribution in [0.15, 0.2) is 12.2 Å². The maximum Gasteiger partial charge on any atom is 0.169 e. The molecule has 0 unspecified atom stereocenters. The van der Waals surface area contributed by atoms with Gasteiger partial charge in [0.2, 0.25) is 0 Å². The largest absolute Gasteiger partial charge is 0.294 e. The molecule has 0 saturated carbocycles. The molecule has 0 bridgehead atoms. The molecule has 0 N–H and O–H groups in total. The summed E-state index contributed by atoms with van der Waals surface area (Å²) in [7, 11) is 0. The van der Waals surface area contributed by atoms with Gasteiger partial charge >= 0.3 is 0 Å². The fraction of sp³-hybridized carbons (Fsp3) is 0.625. The molecule has 0 heterocycles. The second-order valence-corrected chi connectivity index (χ2v) is 4.50. The molecule has 1 aliphatic rings. The van der Waals surface area contributed by atoms with Crippen molar-refractivity contribution in [3.05, 3.63) is 12.2 Å². The molecule has 10 heavy (non-hydrogen) atoms. The monoisotopic (exact) mass is 202 g/mol. The third kappa shape index (κ3) is 1.69. The third-order valence-electron chi connectivity index (χ3n) is 1.71. The Morgan fingerprint density at radius 3 is 2.70 bits per heavy atom. The normalized spacial score (nSPS) is 30.7. The van der Waals surface area contributed by atoms with E-state index >= 15 is 0 Å².